The molecule has 0 saturated heterocycles. The fraction of sp³-hybridized carbons (Fsp3) is 1.00. The van der Waals surface area contributed by atoms with Crippen LogP contribution in [-0.4, -0.2) is 47.5 Å². The zero-order valence-corrected chi connectivity index (χ0v) is 12.1. The number of alkyl halides is 11. The Bertz CT molecular complexity index is 457. The molecule has 5 unspecified atom stereocenters. The number of halogens is 11. The normalized spacial score (nSPS) is 38.2. The maximum absolute atomic E-state index is 14.7. The minimum absolute atomic E-state index is 0.564. The summed E-state index contributed by atoms with van der Waals surface area (Å²) in [6.07, 6.45) is -18.1. The van der Waals surface area contributed by atoms with E-state index in [1.54, 1.807) is 0 Å². The van der Waals surface area contributed by atoms with Crippen molar-refractivity contribution in [1.82, 2.24) is 0 Å². The van der Waals surface area contributed by atoms with E-state index in [2.05, 4.69) is 0 Å². The molecule has 0 spiro atoms. The van der Waals surface area contributed by atoms with Crippen LogP contribution in [0.15, 0.2) is 0 Å². The van der Waals surface area contributed by atoms with Gasteiger partial charge in [-0.15, -0.1) is 0 Å². The lowest BCUT2D eigenvalue weighted by Gasteiger charge is -2.55. The van der Waals surface area contributed by atoms with Gasteiger partial charge in [0.1, 0.15) is 6.17 Å². The van der Waals surface area contributed by atoms with Crippen molar-refractivity contribution in [3.63, 3.8) is 0 Å². The van der Waals surface area contributed by atoms with Gasteiger partial charge in [-0.1, -0.05) is 13.8 Å². The molecule has 0 bridgehead atoms. The van der Waals surface area contributed by atoms with Gasteiger partial charge in [0.15, 0.2) is 0 Å². The fourth-order valence-electron chi connectivity index (χ4n) is 3.03. The molecule has 1 nitrogen and oxygen atoms in total. The van der Waals surface area contributed by atoms with Crippen molar-refractivity contribution >= 4 is 0 Å². The Morgan fingerprint density at radius 2 is 1.25 bits per heavy atom. The lowest BCUT2D eigenvalue weighted by Crippen LogP contribution is -2.81. The van der Waals surface area contributed by atoms with Crippen molar-refractivity contribution in [2.24, 2.45) is 17.8 Å². The lowest BCUT2D eigenvalue weighted by molar-refractivity contribution is -0.446. The molecule has 144 valence electrons. The summed E-state index contributed by atoms with van der Waals surface area (Å²) in [5.74, 6) is -12.7. The van der Waals surface area contributed by atoms with Crippen LogP contribution in [0.1, 0.15) is 13.8 Å². The standard InChI is InChI=1S/C12H13F11O/c1-4-5(2)7(14)8(15,9(16,17)6(4)3-13)10(24,11(18,19)20)12(21,22)23/h4-7,24H,3H2,1-2H3. The van der Waals surface area contributed by atoms with Crippen LogP contribution in [0.4, 0.5) is 48.3 Å². The highest BCUT2D eigenvalue weighted by Crippen LogP contribution is 2.64. The minimum Gasteiger partial charge on any atom is -0.371 e. The van der Waals surface area contributed by atoms with Gasteiger partial charge in [-0.05, 0) is 11.8 Å². The third kappa shape index (κ3) is 2.31. The third-order valence-electron chi connectivity index (χ3n) is 4.77. The van der Waals surface area contributed by atoms with Gasteiger partial charge < -0.3 is 5.11 Å². The van der Waals surface area contributed by atoms with Crippen LogP contribution in [0.25, 0.3) is 0 Å². The van der Waals surface area contributed by atoms with Gasteiger partial charge in [-0.2, -0.15) is 26.3 Å². The molecule has 12 heteroatoms. The quantitative estimate of drug-likeness (QED) is 0.703. The Morgan fingerprint density at radius 1 is 0.875 bits per heavy atom. The van der Waals surface area contributed by atoms with E-state index in [0.29, 0.717) is 6.92 Å². The molecule has 0 aromatic carbocycles. The van der Waals surface area contributed by atoms with E-state index in [1.165, 1.54) is 0 Å². The van der Waals surface area contributed by atoms with Gasteiger partial charge in [0.25, 0.3) is 17.2 Å². The van der Waals surface area contributed by atoms with Gasteiger partial charge in [-0.25, -0.2) is 17.6 Å². The number of aliphatic hydroxyl groups is 1. The molecular formula is C12H13F11O. The summed E-state index contributed by atoms with van der Waals surface area (Å²) < 4.78 is 147. The second kappa shape index (κ2) is 5.60. The van der Waals surface area contributed by atoms with Gasteiger partial charge in [-0.3, -0.25) is 4.39 Å². The highest BCUT2D eigenvalue weighted by molar-refractivity contribution is 5.23. The Labute approximate surface area is 128 Å². The van der Waals surface area contributed by atoms with Crippen LogP contribution in [0.2, 0.25) is 0 Å². The number of hydrogen-bond donors (Lipinski definition) is 1. The first-order valence-corrected chi connectivity index (χ1v) is 6.55. The zero-order valence-electron chi connectivity index (χ0n) is 12.1. The highest BCUT2D eigenvalue weighted by Gasteiger charge is 2.91. The molecular weight excluding hydrogens is 369 g/mol. The molecule has 1 N–H and O–H groups in total. The molecule has 0 aromatic rings. The Kier molecular flexibility index (Phi) is 4.95. The average molecular weight is 382 g/mol. The molecule has 1 fully saturated rings. The first-order chi connectivity index (χ1) is 10.4. The Hall–Kier alpha value is -0.810. The monoisotopic (exact) mass is 382 g/mol. The predicted molar refractivity (Wildman–Crippen MR) is 58.5 cm³/mol. The van der Waals surface area contributed by atoms with Crippen molar-refractivity contribution in [1.29, 1.82) is 0 Å². The SMILES string of the molecule is CC1C(C)C(F)C(F)(C(O)(C(F)(F)F)C(F)(F)F)C(F)(F)C1CF. The van der Waals surface area contributed by atoms with Gasteiger partial charge in [0, 0.05) is 0 Å². The molecule has 0 aromatic heterocycles. The van der Waals surface area contributed by atoms with E-state index in [9.17, 15) is 48.3 Å². The summed E-state index contributed by atoms with van der Waals surface area (Å²) in [5.41, 5.74) is -12.9. The first kappa shape index (κ1) is 21.2. The van der Waals surface area contributed by atoms with Crippen LogP contribution >= 0.6 is 0 Å². The van der Waals surface area contributed by atoms with Gasteiger partial charge in [0.05, 0.1) is 12.6 Å². The van der Waals surface area contributed by atoms with Crippen LogP contribution < -0.4 is 0 Å². The summed E-state index contributed by atoms with van der Waals surface area (Å²) in [4.78, 5) is 0. The zero-order chi connectivity index (χ0) is 19.5. The average Bonchev–Trinajstić information content (AvgIpc) is 2.40. The van der Waals surface area contributed by atoms with Crippen molar-refractivity contribution in [3.8, 4) is 0 Å². The van der Waals surface area contributed by atoms with E-state index >= 15 is 0 Å². The predicted octanol–water partition coefficient (Wildman–Crippen LogP) is 4.40. The van der Waals surface area contributed by atoms with Gasteiger partial charge >= 0.3 is 12.4 Å². The largest absolute Gasteiger partial charge is 0.429 e. The van der Waals surface area contributed by atoms with Crippen LogP contribution in [-0.2, 0) is 0 Å². The summed E-state index contributed by atoms with van der Waals surface area (Å²) in [6, 6.07) is 0. The van der Waals surface area contributed by atoms with Crippen molar-refractivity contribution in [2.45, 2.75) is 49.6 Å². The summed E-state index contributed by atoms with van der Waals surface area (Å²) in [5, 5.41) is 9.02. The molecule has 0 aliphatic heterocycles. The number of rotatable bonds is 2. The van der Waals surface area contributed by atoms with E-state index in [4.69, 9.17) is 5.11 Å². The minimum atomic E-state index is -7.03. The molecule has 1 aliphatic rings. The molecule has 1 aliphatic carbocycles. The van der Waals surface area contributed by atoms with Crippen LogP contribution in [0.3, 0.4) is 0 Å². The Balaban J connectivity index is 3.83. The van der Waals surface area contributed by atoms with E-state index in [1.807, 2.05) is 0 Å². The molecule has 0 heterocycles. The number of hydrogen-bond acceptors (Lipinski definition) is 1. The van der Waals surface area contributed by atoms with Gasteiger partial charge in [0.2, 0.25) is 0 Å². The second-order valence-corrected chi connectivity index (χ2v) is 5.92. The highest BCUT2D eigenvalue weighted by atomic mass is 19.4. The van der Waals surface area contributed by atoms with Crippen molar-refractivity contribution in [2.75, 3.05) is 6.67 Å². The fourth-order valence-corrected chi connectivity index (χ4v) is 3.03. The van der Waals surface area contributed by atoms with Crippen molar-refractivity contribution in [3.05, 3.63) is 0 Å². The molecule has 1 rings (SSSR count). The second-order valence-electron chi connectivity index (χ2n) is 5.92. The first-order valence-electron chi connectivity index (χ1n) is 6.55. The van der Waals surface area contributed by atoms with Crippen LogP contribution in [0.5, 0.6) is 0 Å². The molecule has 0 radical (unpaired) electrons. The summed E-state index contributed by atoms with van der Waals surface area (Å²) in [6.45, 7) is -0.896. The Morgan fingerprint density at radius 3 is 1.54 bits per heavy atom. The summed E-state index contributed by atoms with van der Waals surface area (Å²) >= 11 is 0. The maximum atomic E-state index is 14.7. The van der Waals surface area contributed by atoms with Crippen molar-refractivity contribution < 1.29 is 53.4 Å². The van der Waals surface area contributed by atoms with E-state index in [0.717, 1.165) is 6.92 Å². The maximum Gasteiger partial charge on any atom is 0.429 e. The smallest absolute Gasteiger partial charge is 0.371 e. The van der Waals surface area contributed by atoms with Crippen LogP contribution in [0, 0.1) is 17.8 Å². The topological polar surface area (TPSA) is 20.2 Å². The molecule has 1 saturated carbocycles. The summed E-state index contributed by atoms with van der Waals surface area (Å²) in [7, 11) is 0. The lowest BCUT2D eigenvalue weighted by atomic mass is 9.59. The third-order valence-corrected chi connectivity index (χ3v) is 4.77. The van der Waals surface area contributed by atoms with E-state index in [-0.39, 0.29) is 0 Å². The van der Waals surface area contributed by atoms with E-state index < -0.39 is 60.1 Å². The molecule has 5 atom stereocenters. The molecule has 24 heavy (non-hydrogen) atoms. The molecule has 0 amide bonds.